The number of rotatable bonds is 3. The summed E-state index contributed by atoms with van der Waals surface area (Å²) >= 11 is 0. The number of benzene rings is 2. The molecule has 8 heteroatoms. The van der Waals surface area contributed by atoms with Crippen LogP contribution in [0.4, 0.5) is 0 Å². The third-order valence-electron chi connectivity index (χ3n) is 3.80. The van der Waals surface area contributed by atoms with Gasteiger partial charge in [0.05, 0.1) is 7.11 Å². The van der Waals surface area contributed by atoms with Crippen molar-refractivity contribution in [3.05, 3.63) is 60.1 Å². The Bertz CT molecular complexity index is 1140. The maximum Gasteiger partial charge on any atom is 0.339 e. The number of methoxy groups -OCH3 is 1. The summed E-state index contributed by atoms with van der Waals surface area (Å²) in [6, 6.07) is 9.37. The second kappa shape index (κ2) is 7.12. The van der Waals surface area contributed by atoms with Crippen LogP contribution in [0.2, 0.25) is 0 Å². The molecule has 0 atom stereocenters. The van der Waals surface area contributed by atoms with Gasteiger partial charge in [-0.2, -0.15) is 0 Å². The van der Waals surface area contributed by atoms with Crippen LogP contribution in [0.1, 0.15) is 20.7 Å². The normalized spacial score (nSPS) is 10.4. The maximum atomic E-state index is 10.8. The van der Waals surface area contributed by atoms with Gasteiger partial charge >= 0.3 is 11.9 Å². The van der Waals surface area contributed by atoms with Gasteiger partial charge in [-0.25, -0.2) is 9.59 Å². The number of phenols is 1. The minimum Gasteiger partial charge on any atom is -0.508 e. The van der Waals surface area contributed by atoms with E-state index in [9.17, 15) is 9.59 Å². The van der Waals surface area contributed by atoms with Gasteiger partial charge in [-0.05, 0) is 36.4 Å². The third kappa shape index (κ3) is 3.54. The summed E-state index contributed by atoms with van der Waals surface area (Å²) in [7, 11) is 1.53. The molecular weight excluding hydrogens is 356 g/mol. The molecule has 2 heterocycles. The summed E-state index contributed by atoms with van der Waals surface area (Å²) in [5.41, 5.74) is 1.21. The van der Waals surface area contributed by atoms with Crippen molar-refractivity contribution in [3.8, 4) is 11.5 Å². The zero-order chi connectivity index (χ0) is 19.6. The first-order valence-electron chi connectivity index (χ1n) is 7.62. The number of fused-ring (bicyclic) bond motifs is 2. The van der Waals surface area contributed by atoms with Crippen LogP contribution in [0.25, 0.3) is 21.9 Å². The van der Waals surface area contributed by atoms with E-state index in [4.69, 9.17) is 28.9 Å². The van der Waals surface area contributed by atoms with Crippen molar-refractivity contribution in [2.45, 2.75) is 0 Å². The Kier molecular flexibility index (Phi) is 4.71. The minimum atomic E-state index is -1.07. The van der Waals surface area contributed by atoms with Crippen LogP contribution in [-0.4, -0.2) is 34.4 Å². The number of aromatic hydroxyl groups is 1. The van der Waals surface area contributed by atoms with Gasteiger partial charge in [-0.15, -0.1) is 0 Å². The van der Waals surface area contributed by atoms with Crippen LogP contribution in [0.15, 0.2) is 57.8 Å². The van der Waals surface area contributed by atoms with E-state index in [0.717, 1.165) is 6.26 Å². The molecular formula is C19H14O8. The van der Waals surface area contributed by atoms with Crippen LogP contribution in [0.5, 0.6) is 11.5 Å². The second-order valence-corrected chi connectivity index (χ2v) is 5.45. The molecule has 0 saturated carbocycles. The first-order valence-corrected chi connectivity index (χ1v) is 7.62. The average molecular weight is 370 g/mol. The molecule has 0 saturated heterocycles. The van der Waals surface area contributed by atoms with Gasteiger partial charge < -0.3 is 28.9 Å². The topological polar surface area (TPSA) is 130 Å². The molecule has 0 fully saturated rings. The van der Waals surface area contributed by atoms with Crippen LogP contribution in [0.3, 0.4) is 0 Å². The Balaban J connectivity index is 0.000000156. The number of carboxylic acid groups (broad SMARTS) is 2. The highest BCUT2D eigenvalue weighted by molar-refractivity contribution is 6.03. The molecule has 0 amide bonds. The summed E-state index contributed by atoms with van der Waals surface area (Å²) in [4.78, 5) is 21.4. The quantitative estimate of drug-likeness (QED) is 0.494. The fourth-order valence-electron chi connectivity index (χ4n) is 2.48. The molecule has 0 aliphatic carbocycles. The summed E-state index contributed by atoms with van der Waals surface area (Å²) < 4.78 is 15.0. The third-order valence-corrected chi connectivity index (χ3v) is 3.80. The minimum absolute atomic E-state index is 0.0244. The summed E-state index contributed by atoms with van der Waals surface area (Å²) in [6.45, 7) is 0. The SMILES string of the molecule is COc1ccc2occ(C(=O)O)c2c1.O=C(O)c1coc2ccc(O)cc12. The number of ether oxygens (including phenoxy) is 1. The predicted molar refractivity (Wildman–Crippen MR) is 94.6 cm³/mol. The van der Waals surface area contributed by atoms with E-state index in [1.807, 2.05) is 0 Å². The van der Waals surface area contributed by atoms with Crippen molar-refractivity contribution < 1.29 is 38.5 Å². The molecule has 0 unspecified atom stereocenters. The number of phenolic OH excluding ortho intramolecular Hbond substituents is 1. The highest BCUT2D eigenvalue weighted by Crippen LogP contribution is 2.26. The van der Waals surface area contributed by atoms with E-state index in [2.05, 4.69) is 0 Å². The molecule has 3 N–H and O–H groups in total. The number of hydrogen-bond acceptors (Lipinski definition) is 6. The molecule has 0 spiro atoms. The zero-order valence-electron chi connectivity index (χ0n) is 14.0. The fourth-order valence-corrected chi connectivity index (χ4v) is 2.48. The zero-order valence-corrected chi connectivity index (χ0v) is 14.0. The van der Waals surface area contributed by atoms with E-state index in [1.165, 1.54) is 31.6 Å². The lowest BCUT2D eigenvalue weighted by Crippen LogP contribution is -1.93. The molecule has 138 valence electrons. The van der Waals surface area contributed by atoms with E-state index >= 15 is 0 Å². The van der Waals surface area contributed by atoms with Crippen LogP contribution in [0, 0.1) is 0 Å². The highest BCUT2D eigenvalue weighted by atomic mass is 16.5. The number of furan rings is 2. The molecule has 2 aromatic heterocycles. The molecule has 0 bridgehead atoms. The molecule has 4 rings (SSSR count). The average Bonchev–Trinajstić information content (AvgIpc) is 3.25. The molecule has 0 aliphatic rings. The highest BCUT2D eigenvalue weighted by Gasteiger charge is 2.13. The second-order valence-electron chi connectivity index (χ2n) is 5.45. The first kappa shape index (κ1) is 17.9. The van der Waals surface area contributed by atoms with Gasteiger partial charge in [0.1, 0.15) is 46.3 Å². The Labute approximate surface area is 151 Å². The number of carbonyl (C=O) groups is 2. The Morgan fingerprint density at radius 1 is 0.852 bits per heavy atom. The largest absolute Gasteiger partial charge is 0.508 e. The van der Waals surface area contributed by atoms with Crippen molar-refractivity contribution in [3.63, 3.8) is 0 Å². The lowest BCUT2D eigenvalue weighted by Gasteiger charge is -1.98. The fraction of sp³-hybridized carbons (Fsp3) is 0.0526. The van der Waals surface area contributed by atoms with Gasteiger partial charge in [-0.1, -0.05) is 0 Å². The van der Waals surface area contributed by atoms with Gasteiger partial charge in [0.2, 0.25) is 0 Å². The lowest BCUT2D eigenvalue weighted by atomic mass is 10.2. The van der Waals surface area contributed by atoms with E-state index in [1.54, 1.807) is 18.2 Å². The Morgan fingerprint density at radius 2 is 1.37 bits per heavy atom. The molecule has 27 heavy (non-hydrogen) atoms. The Morgan fingerprint density at radius 3 is 1.89 bits per heavy atom. The molecule has 0 radical (unpaired) electrons. The van der Waals surface area contributed by atoms with Gasteiger partial charge in [0, 0.05) is 10.8 Å². The van der Waals surface area contributed by atoms with Crippen LogP contribution < -0.4 is 4.74 Å². The lowest BCUT2D eigenvalue weighted by molar-refractivity contribution is 0.0687. The molecule has 0 aliphatic heterocycles. The van der Waals surface area contributed by atoms with Gasteiger partial charge in [-0.3, -0.25) is 0 Å². The Hall–Kier alpha value is -3.94. The van der Waals surface area contributed by atoms with Crippen molar-refractivity contribution in [1.29, 1.82) is 0 Å². The van der Waals surface area contributed by atoms with Crippen LogP contribution in [-0.2, 0) is 0 Å². The van der Waals surface area contributed by atoms with Crippen molar-refractivity contribution in [2.75, 3.05) is 7.11 Å². The molecule has 2 aromatic carbocycles. The number of aromatic carboxylic acids is 2. The van der Waals surface area contributed by atoms with E-state index in [-0.39, 0.29) is 16.9 Å². The van der Waals surface area contributed by atoms with Crippen molar-refractivity contribution in [2.24, 2.45) is 0 Å². The maximum absolute atomic E-state index is 10.8. The standard InChI is InChI=1S/C10H8O4.C9H6O4/c1-13-6-2-3-9-7(4-6)8(5-14-9)10(11)12;10-5-1-2-8-6(3-5)7(4-13-8)9(11)12/h2-5H,1H3,(H,11,12);1-4,10H,(H,11,12). The van der Waals surface area contributed by atoms with E-state index in [0.29, 0.717) is 27.7 Å². The van der Waals surface area contributed by atoms with Gasteiger partial charge in [0.15, 0.2) is 0 Å². The first-order chi connectivity index (χ1) is 12.9. The predicted octanol–water partition coefficient (Wildman–Crippen LogP) is 3.98. The molecule has 4 aromatic rings. The summed E-state index contributed by atoms with van der Waals surface area (Å²) in [6.07, 6.45) is 2.39. The van der Waals surface area contributed by atoms with Crippen LogP contribution >= 0.6 is 0 Å². The van der Waals surface area contributed by atoms with Crippen molar-refractivity contribution in [1.82, 2.24) is 0 Å². The summed E-state index contributed by atoms with van der Waals surface area (Å²) in [5.74, 6) is -1.43. The number of hydrogen-bond donors (Lipinski definition) is 3. The van der Waals surface area contributed by atoms with Crippen molar-refractivity contribution >= 4 is 33.9 Å². The smallest absolute Gasteiger partial charge is 0.339 e. The summed E-state index contributed by atoms with van der Waals surface area (Å²) in [5, 5.41) is 27.6. The van der Waals surface area contributed by atoms with Gasteiger partial charge in [0.25, 0.3) is 0 Å². The number of carboxylic acids is 2. The van der Waals surface area contributed by atoms with E-state index < -0.39 is 11.9 Å². The monoisotopic (exact) mass is 370 g/mol. The molecule has 8 nitrogen and oxygen atoms in total.